The van der Waals surface area contributed by atoms with Crippen molar-refractivity contribution in [3.8, 4) is 11.1 Å². The molecule has 0 saturated heterocycles. The van der Waals surface area contributed by atoms with Gasteiger partial charge in [-0.2, -0.15) is 9.61 Å². The van der Waals surface area contributed by atoms with E-state index < -0.39 is 21.7 Å². The van der Waals surface area contributed by atoms with Crippen LogP contribution in [0.3, 0.4) is 0 Å². The van der Waals surface area contributed by atoms with Gasteiger partial charge >= 0.3 is 5.97 Å². The monoisotopic (exact) mass is 687 g/mol. The molecule has 0 N–H and O–H groups in total. The zero-order valence-electron chi connectivity index (χ0n) is 29.4. The van der Waals surface area contributed by atoms with Gasteiger partial charge in [0.1, 0.15) is 30.0 Å². The molecular formula is C34H54ClN5O4Si2. The lowest BCUT2D eigenvalue weighted by Crippen LogP contribution is -2.33. The predicted octanol–water partition coefficient (Wildman–Crippen LogP) is 8.49. The maximum atomic E-state index is 12.8. The lowest BCUT2D eigenvalue weighted by Gasteiger charge is -2.31. The summed E-state index contributed by atoms with van der Waals surface area (Å²) in [5.41, 5.74) is 3.03. The van der Waals surface area contributed by atoms with Crippen molar-refractivity contribution in [3.05, 3.63) is 41.4 Å². The highest BCUT2D eigenvalue weighted by molar-refractivity contribution is 6.76. The normalized spacial score (nSPS) is 17.8. The van der Waals surface area contributed by atoms with Crippen LogP contribution in [0.25, 0.3) is 16.8 Å². The molecule has 1 aliphatic rings. The van der Waals surface area contributed by atoms with Crippen LogP contribution in [0.2, 0.25) is 56.5 Å². The zero-order chi connectivity index (χ0) is 33.7. The summed E-state index contributed by atoms with van der Waals surface area (Å²) in [7, 11) is -2.49. The van der Waals surface area contributed by atoms with Crippen LogP contribution in [0.4, 0.5) is 5.82 Å². The number of rotatable bonds is 14. The van der Waals surface area contributed by atoms with Gasteiger partial charge in [0.25, 0.3) is 0 Å². The van der Waals surface area contributed by atoms with Gasteiger partial charge in [0.05, 0.1) is 12.1 Å². The van der Waals surface area contributed by atoms with Gasteiger partial charge in [-0.25, -0.2) is 9.97 Å². The molecule has 3 heterocycles. The van der Waals surface area contributed by atoms with Crippen molar-refractivity contribution >= 4 is 45.2 Å². The second-order valence-corrected chi connectivity index (χ2v) is 27.7. The van der Waals surface area contributed by atoms with Crippen LogP contribution in [0.1, 0.15) is 58.1 Å². The summed E-state index contributed by atoms with van der Waals surface area (Å²) in [6, 6.07) is 8.05. The third-order valence-electron chi connectivity index (χ3n) is 8.21. The van der Waals surface area contributed by atoms with Crippen LogP contribution in [-0.4, -0.2) is 74.0 Å². The van der Waals surface area contributed by atoms with Crippen LogP contribution in [0.5, 0.6) is 0 Å². The number of ether oxygens (including phenoxy) is 3. The second kappa shape index (κ2) is 15.3. The first kappa shape index (κ1) is 36.5. The van der Waals surface area contributed by atoms with Gasteiger partial charge < -0.3 is 19.1 Å². The van der Waals surface area contributed by atoms with Crippen LogP contribution >= 0.6 is 11.6 Å². The van der Waals surface area contributed by atoms with Gasteiger partial charge in [-0.05, 0) is 70.7 Å². The molecule has 0 radical (unpaired) electrons. The summed E-state index contributed by atoms with van der Waals surface area (Å²) in [5, 5.41) is 5.26. The van der Waals surface area contributed by atoms with E-state index in [0.29, 0.717) is 31.8 Å². The lowest BCUT2D eigenvalue weighted by molar-refractivity contribution is -0.161. The van der Waals surface area contributed by atoms with Crippen molar-refractivity contribution < 1.29 is 19.0 Å². The molecule has 0 unspecified atom stereocenters. The molecule has 254 valence electrons. The summed E-state index contributed by atoms with van der Waals surface area (Å²) in [4.78, 5) is 24.5. The van der Waals surface area contributed by atoms with Gasteiger partial charge in [-0.3, -0.25) is 4.79 Å². The van der Waals surface area contributed by atoms with E-state index >= 15 is 0 Å². The Morgan fingerprint density at radius 1 is 0.957 bits per heavy atom. The fourth-order valence-electron chi connectivity index (χ4n) is 5.42. The van der Waals surface area contributed by atoms with Crippen LogP contribution in [0.15, 0.2) is 30.6 Å². The van der Waals surface area contributed by atoms with E-state index in [1.807, 2.05) is 37.5 Å². The number of hydrogen-bond acceptors (Lipinski definition) is 8. The molecule has 3 aromatic rings. The molecule has 46 heavy (non-hydrogen) atoms. The van der Waals surface area contributed by atoms with Crippen molar-refractivity contribution in [2.45, 2.75) is 109 Å². The zero-order valence-corrected chi connectivity index (χ0v) is 32.1. The Balaban J connectivity index is 1.67. The highest BCUT2D eigenvalue weighted by Crippen LogP contribution is 2.38. The van der Waals surface area contributed by atoms with E-state index in [2.05, 4.69) is 55.2 Å². The van der Waals surface area contributed by atoms with Gasteiger partial charge in [0.15, 0.2) is 5.65 Å². The highest BCUT2D eigenvalue weighted by atomic mass is 35.5. The molecular weight excluding hydrogens is 634 g/mol. The molecule has 12 heteroatoms. The third-order valence-corrected chi connectivity index (χ3v) is 11.8. The maximum Gasteiger partial charge on any atom is 0.309 e. The van der Waals surface area contributed by atoms with Crippen molar-refractivity contribution in [3.63, 3.8) is 0 Å². The number of halogens is 1. The Bertz CT molecular complexity index is 1420. The first-order chi connectivity index (χ1) is 21.5. The number of nitrogens with zero attached hydrogens (tertiary/aromatic N) is 5. The average Bonchev–Trinajstić information content (AvgIpc) is 3.38. The Morgan fingerprint density at radius 3 is 2.09 bits per heavy atom. The summed E-state index contributed by atoms with van der Waals surface area (Å²) in [6.07, 6.45) is 6.87. The van der Waals surface area contributed by atoms with Crippen LogP contribution in [0, 0.1) is 5.92 Å². The molecule has 0 amide bonds. The predicted molar refractivity (Wildman–Crippen MR) is 192 cm³/mol. The largest absolute Gasteiger partial charge is 0.460 e. The summed E-state index contributed by atoms with van der Waals surface area (Å²) in [6.45, 7) is 22.1. The average molecular weight is 688 g/mol. The van der Waals surface area contributed by atoms with E-state index in [0.717, 1.165) is 66.1 Å². The minimum atomic E-state index is -1.25. The van der Waals surface area contributed by atoms with Crippen molar-refractivity contribution in [2.75, 3.05) is 31.6 Å². The second-order valence-electron chi connectivity index (χ2n) is 16.0. The smallest absolute Gasteiger partial charge is 0.309 e. The summed E-state index contributed by atoms with van der Waals surface area (Å²) in [5.74, 6) is 0.903. The number of aromatic nitrogens is 4. The number of fused-ring (bicyclic) bond motifs is 1. The Kier molecular flexibility index (Phi) is 12.1. The molecule has 0 spiro atoms. The van der Waals surface area contributed by atoms with E-state index in [-0.39, 0.29) is 17.8 Å². The van der Waals surface area contributed by atoms with Crippen molar-refractivity contribution in [1.29, 1.82) is 0 Å². The number of carbonyl (C=O) groups is 1. The lowest BCUT2D eigenvalue weighted by atomic mass is 9.80. The number of carbonyl (C=O) groups excluding carboxylic acids is 1. The van der Waals surface area contributed by atoms with Gasteiger partial charge in [-0.15, -0.1) is 0 Å². The first-order valence-electron chi connectivity index (χ1n) is 16.6. The fraction of sp³-hybridized carbons (Fsp3) is 0.647. The molecule has 0 aromatic carbocycles. The van der Waals surface area contributed by atoms with Gasteiger partial charge in [0.2, 0.25) is 0 Å². The quantitative estimate of drug-likeness (QED) is 0.0548. The summed E-state index contributed by atoms with van der Waals surface area (Å²) < 4.78 is 20.2. The fourth-order valence-corrected chi connectivity index (χ4v) is 7.05. The van der Waals surface area contributed by atoms with Crippen molar-refractivity contribution in [2.24, 2.45) is 5.92 Å². The standard InChI is InChI=1S/C34H54ClN5O4Si2/c1-34(2,3)44-33(41)26-12-10-25(11-13-26)29-20-31(40-32(38-29)28(22-37-40)27-14-15-30(35)36-21-27)39(23-42-16-18-45(4,5)6)24-43-17-19-46(7,8)9/h14-15,20-22,25-26H,10-13,16-19,23-24H2,1-9H3. The van der Waals surface area contributed by atoms with Gasteiger partial charge in [-0.1, -0.05) is 50.9 Å². The minimum absolute atomic E-state index is 0.0830. The molecule has 1 aliphatic carbocycles. The van der Waals surface area contributed by atoms with E-state index in [4.69, 9.17) is 35.9 Å². The topological polar surface area (TPSA) is 91.1 Å². The Morgan fingerprint density at radius 2 is 1.57 bits per heavy atom. The van der Waals surface area contributed by atoms with E-state index in [1.165, 1.54) is 0 Å². The molecule has 1 saturated carbocycles. The van der Waals surface area contributed by atoms with Crippen LogP contribution in [-0.2, 0) is 19.0 Å². The highest BCUT2D eigenvalue weighted by Gasteiger charge is 2.32. The van der Waals surface area contributed by atoms with Gasteiger partial charge in [0, 0.05) is 64.4 Å². The number of esters is 1. The molecule has 0 aliphatic heterocycles. The van der Waals surface area contributed by atoms with Crippen molar-refractivity contribution in [1.82, 2.24) is 19.6 Å². The van der Waals surface area contributed by atoms with E-state index in [9.17, 15) is 4.79 Å². The maximum absolute atomic E-state index is 12.8. The third kappa shape index (κ3) is 10.9. The first-order valence-corrected chi connectivity index (χ1v) is 24.4. The SMILES string of the molecule is CC(C)(C)OC(=O)C1CCC(c2cc(N(COCC[Si](C)(C)C)COCC[Si](C)(C)C)n3ncc(-c4ccc(Cl)nc4)c3n2)CC1. The molecule has 0 atom stereocenters. The Labute approximate surface area is 282 Å². The molecule has 1 fully saturated rings. The molecule has 4 rings (SSSR count). The number of pyridine rings is 1. The van der Waals surface area contributed by atoms with Crippen LogP contribution < -0.4 is 4.90 Å². The number of hydrogen-bond donors (Lipinski definition) is 0. The number of anilines is 1. The summed E-state index contributed by atoms with van der Waals surface area (Å²) >= 11 is 6.12. The van der Waals surface area contributed by atoms with E-state index in [1.54, 1.807) is 12.3 Å². The Hall–Kier alpha value is -2.32. The molecule has 3 aromatic heterocycles. The minimum Gasteiger partial charge on any atom is -0.460 e. The molecule has 0 bridgehead atoms. The molecule has 9 nitrogen and oxygen atoms in total.